The Bertz CT molecular complexity index is 864. The third-order valence-electron chi connectivity index (χ3n) is 3.85. The molecule has 1 heterocycles. The molecule has 0 aromatic heterocycles. The van der Waals surface area contributed by atoms with Gasteiger partial charge in [0.25, 0.3) is 11.8 Å². The Morgan fingerprint density at radius 2 is 1.80 bits per heavy atom. The molecule has 0 saturated heterocycles. The summed E-state index contributed by atoms with van der Waals surface area (Å²) < 4.78 is 0. The second kappa shape index (κ2) is 7.44. The number of nitrogens with zero attached hydrogens (tertiary/aromatic N) is 1. The fraction of sp³-hybridized carbons (Fsp3) is 0.158. The number of rotatable bonds is 5. The summed E-state index contributed by atoms with van der Waals surface area (Å²) in [6.45, 7) is 1.75. The molecule has 0 bridgehead atoms. The fourth-order valence-corrected chi connectivity index (χ4v) is 3.72. The monoisotopic (exact) mass is 373 g/mol. The van der Waals surface area contributed by atoms with Gasteiger partial charge in [-0.3, -0.25) is 9.59 Å². The van der Waals surface area contributed by atoms with Crippen molar-refractivity contribution in [3.8, 4) is 0 Å². The highest BCUT2D eigenvalue weighted by molar-refractivity contribution is 8.04. The van der Waals surface area contributed by atoms with Gasteiger partial charge in [-0.25, -0.2) is 4.90 Å². The Morgan fingerprint density at radius 1 is 1.08 bits per heavy atom. The highest BCUT2D eigenvalue weighted by Crippen LogP contribution is 2.39. The lowest BCUT2D eigenvalue weighted by Gasteiger charge is -2.18. The van der Waals surface area contributed by atoms with Crippen molar-refractivity contribution < 1.29 is 14.7 Å². The molecular formula is C19H16ClNO3S. The zero-order valence-electron chi connectivity index (χ0n) is 13.5. The zero-order chi connectivity index (χ0) is 18.0. The number of anilines is 1. The smallest absolute Gasteiger partial charge is 0.272 e. The van der Waals surface area contributed by atoms with E-state index in [4.69, 9.17) is 16.7 Å². The van der Waals surface area contributed by atoms with E-state index in [0.717, 1.165) is 5.56 Å². The highest BCUT2D eigenvalue weighted by Gasteiger charge is 2.40. The molecule has 0 saturated carbocycles. The summed E-state index contributed by atoms with van der Waals surface area (Å²) >= 11 is 7.25. The molecule has 0 unspecified atom stereocenters. The molecule has 0 atom stereocenters. The predicted molar refractivity (Wildman–Crippen MR) is 102 cm³/mol. The van der Waals surface area contributed by atoms with Gasteiger partial charge in [0.1, 0.15) is 0 Å². The van der Waals surface area contributed by atoms with Crippen LogP contribution in [0.25, 0.3) is 5.57 Å². The summed E-state index contributed by atoms with van der Waals surface area (Å²) in [6, 6.07) is 14.2. The lowest BCUT2D eigenvalue weighted by molar-refractivity contribution is -0.119. The molecule has 0 fully saturated rings. The summed E-state index contributed by atoms with van der Waals surface area (Å²) in [7, 11) is 0. The molecule has 128 valence electrons. The molecule has 1 N–H and O–H groups in total. The van der Waals surface area contributed by atoms with Crippen LogP contribution in [0.3, 0.4) is 0 Å². The molecule has 1 aliphatic rings. The molecule has 2 aromatic rings. The van der Waals surface area contributed by atoms with Crippen LogP contribution in [0.5, 0.6) is 0 Å². The molecule has 2 amide bonds. The quantitative estimate of drug-likeness (QED) is 0.812. The first-order valence-corrected chi connectivity index (χ1v) is 9.09. The Morgan fingerprint density at radius 3 is 2.48 bits per heavy atom. The second-order valence-corrected chi connectivity index (χ2v) is 7.06. The van der Waals surface area contributed by atoms with Crippen molar-refractivity contribution in [3.63, 3.8) is 0 Å². The van der Waals surface area contributed by atoms with Crippen LogP contribution in [0.2, 0.25) is 5.02 Å². The van der Waals surface area contributed by atoms with Crippen LogP contribution in [-0.2, 0) is 9.59 Å². The normalized spacial score (nSPS) is 14.6. The maximum Gasteiger partial charge on any atom is 0.272 e. The van der Waals surface area contributed by atoms with Crippen LogP contribution in [0.1, 0.15) is 11.1 Å². The average molecular weight is 374 g/mol. The van der Waals surface area contributed by atoms with Gasteiger partial charge in [0.2, 0.25) is 0 Å². The summed E-state index contributed by atoms with van der Waals surface area (Å²) in [5, 5.41) is 9.59. The predicted octanol–water partition coefficient (Wildman–Crippen LogP) is 3.66. The minimum atomic E-state index is -0.382. The number of aryl methyl sites for hydroxylation is 1. The standard InChI is InChI=1S/C19H16ClNO3S/c1-12-7-8-14(20)11-15(12)21-18(23)16(13-5-3-2-4-6-13)17(19(21)24)25-10-9-22/h2-8,11,22H,9-10H2,1H3. The van der Waals surface area contributed by atoms with Gasteiger partial charge < -0.3 is 5.11 Å². The molecule has 3 rings (SSSR count). The number of halogens is 1. The van der Waals surface area contributed by atoms with Crippen molar-refractivity contribution in [3.05, 3.63) is 69.6 Å². The third kappa shape index (κ3) is 3.35. The van der Waals surface area contributed by atoms with Crippen molar-refractivity contribution >= 4 is 46.4 Å². The molecule has 4 nitrogen and oxygen atoms in total. The van der Waals surface area contributed by atoms with Crippen LogP contribution in [0.4, 0.5) is 5.69 Å². The molecule has 1 aliphatic heterocycles. The Labute approximate surface area is 155 Å². The van der Waals surface area contributed by atoms with Gasteiger partial charge in [-0.15, -0.1) is 11.8 Å². The van der Waals surface area contributed by atoms with E-state index >= 15 is 0 Å². The molecule has 6 heteroatoms. The Balaban J connectivity index is 2.11. The van der Waals surface area contributed by atoms with Crippen molar-refractivity contribution in [2.24, 2.45) is 0 Å². The molecule has 2 aromatic carbocycles. The van der Waals surface area contributed by atoms with Crippen LogP contribution in [0.15, 0.2) is 53.4 Å². The topological polar surface area (TPSA) is 57.6 Å². The first-order chi connectivity index (χ1) is 12.0. The lowest BCUT2D eigenvalue weighted by Crippen LogP contribution is -2.32. The number of benzene rings is 2. The number of hydrogen-bond acceptors (Lipinski definition) is 4. The number of amides is 2. The van der Waals surface area contributed by atoms with Gasteiger partial charge in [0, 0.05) is 10.8 Å². The van der Waals surface area contributed by atoms with E-state index in [1.54, 1.807) is 30.3 Å². The van der Waals surface area contributed by atoms with Crippen LogP contribution in [0, 0.1) is 6.92 Å². The van der Waals surface area contributed by atoms with Crippen LogP contribution < -0.4 is 4.90 Å². The highest BCUT2D eigenvalue weighted by atomic mass is 35.5. The molecular weight excluding hydrogens is 358 g/mol. The Kier molecular flexibility index (Phi) is 5.27. The molecule has 0 aliphatic carbocycles. The number of carbonyl (C=O) groups excluding carboxylic acids is 2. The number of carbonyl (C=O) groups is 2. The van der Waals surface area contributed by atoms with E-state index < -0.39 is 0 Å². The van der Waals surface area contributed by atoms with Gasteiger partial charge >= 0.3 is 0 Å². The number of hydrogen-bond donors (Lipinski definition) is 1. The lowest BCUT2D eigenvalue weighted by atomic mass is 10.1. The maximum absolute atomic E-state index is 13.1. The second-order valence-electron chi connectivity index (χ2n) is 5.52. The average Bonchev–Trinajstić information content (AvgIpc) is 2.86. The van der Waals surface area contributed by atoms with E-state index in [0.29, 0.717) is 32.5 Å². The summed E-state index contributed by atoms with van der Waals surface area (Å²) in [5.41, 5.74) is 2.31. The van der Waals surface area contributed by atoms with Gasteiger partial charge in [0.05, 0.1) is 22.8 Å². The minimum absolute atomic E-state index is 0.0755. The van der Waals surface area contributed by atoms with E-state index in [1.807, 2.05) is 25.1 Å². The number of aliphatic hydroxyl groups is 1. The van der Waals surface area contributed by atoms with E-state index in [-0.39, 0.29) is 18.4 Å². The molecule has 0 radical (unpaired) electrons. The van der Waals surface area contributed by atoms with Crippen molar-refractivity contribution in [1.29, 1.82) is 0 Å². The zero-order valence-corrected chi connectivity index (χ0v) is 15.1. The van der Waals surface area contributed by atoms with Gasteiger partial charge in [-0.05, 0) is 30.2 Å². The summed E-state index contributed by atoms with van der Waals surface area (Å²) in [6.07, 6.45) is 0. The first-order valence-electron chi connectivity index (χ1n) is 7.73. The Hall–Kier alpha value is -2.08. The van der Waals surface area contributed by atoms with Crippen LogP contribution in [-0.4, -0.2) is 29.3 Å². The number of aliphatic hydroxyl groups excluding tert-OH is 1. The van der Waals surface area contributed by atoms with E-state index in [1.165, 1.54) is 16.7 Å². The van der Waals surface area contributed by atoms with Crippen molar-refractivity contribution in [2.75, 3.05) is 17.3 Å². The van der Waals surface area contributed by atoms with Crippen molar-refractivity contribution in [2.45, 2.75) is 6.92 Å². The minimum Gasteiger partial charge on any atom is -0.396 e. The fourth-order valence-electron chi connectivity index (χ4n) is 2.69. The SMILES string of the molecule is Cc1ccc(Cl)cc1N1C(=O)C(SCCO)=C(c2ccccc2)C1=O. The number of thioether (sulfide) groups is 1. The molecule has 0 spiro atoms. The first kappa shape index (κ1) is 17.7. The van der Waals surface area contributed by atoms with E-state index in [9.17, 15) is 9.59 Å². The van der Waals surface area contributed by atoms with Crippen LogP contribution >= 0.6 is 23.4 Å². The van der Waals surface area contributed by atoms with Gasteiger partial charge in [-0.2, -0.15) is 0 Å². The van der Waals surface area contributed by atoms with Crippen molar-refractivity contribution in [1.82, 2.24) is 0 Å². The largest absolute Gasteiger partial charge is 0.396 e. The third-order valence-corrected chi connectivity index (χ3v) is 5.14. The van der Waals surface area contributed by atoms with E-state index in [2.05, 4.69) is 0 Å². The summed E-state index contributed by atoms with van der Waals surface area (Å²) in [4.78, 5) is 27.6. The summed E-state index contributed by atoms with van der Waals surface area (Å²) in [5.74, 6) is -0.415. The number of imide groups is 1. The maximum atomic E-state index is 13.1. The van der Waals surface area contributed by atoms with Gasteiger partial charge in [-0.1, -0.05) is 48.0 Å². The van der Waals surface area contributed by atoms with Gasteiger partial charge in [0.15, 0.2) is 0 Å². The molecule has 25 heavy (non-hydrogen) atoms.